The van der Waals surface area contributed by atoms with Crippen LogP contribution in [0.5, 0.6) is 0 Å². The van der Waals surface area contributed by atoms with Crippen LogP contribution >= 0.6 is 0 Å². The zero-order chi connectivity index (χ0) is 11.5. The Bertz CT molecular complexity index is 500. The molecule has 0 aliphatic carbocycles. The first kappa shape index (κ1) is 10.4. The Balaban J connectivity index is 2.55. The number of pyridine rings is 1. The Kier molecular flexibility index (Phi) is 2.68. The molecule has 0 saturated carbocycles. The minimum Gasteiger partial charge on any atom is -0.384 e. The number of hydrogen-bond acceptors (Lipinski definition) is 3. The fraction of sp³-hybridized carbons (Fsp3) is 0.182. The largest absolute Gasteiger partial charge is 0.384 e. The summed E-state index contributed by atoms with van der Waals surface area (Å²) in [6, 6.07) is 3.71. The van der Waals surface area contributed by atoms with Gasteiger partial charge in [0.1, 0.15) is 11.5 Å². The summed E-state index contributed by atoms with van der Waals surface area (Å²) in [5.74, 6) is 0.0338. The van der Waals surface area contributed by atoms with E-state index in [2.05, 4.69) is 10.1 Å². The molecule has 82 valence electrons. The van der Waals surface area contributed by atoms with Gasteiger partial charge in [0.25, 0.3) is 0 Å². The van der Waals surface area contributed by atoms with Crippen LogP contribution in [0.3, 0.4) is 0 Å². The molecule has 0 unspecified atom stereocenters. The van der Waals surface area contributed by atoms with Crippen molar-refractivity contribution in [3.8, 4) is 11.3 Å². The second kappa shape index (κ2) is 4.14. The lowest BCUT2D eigenvalue weighted by atomic mass is 10.1. The van der Waals surface area contributed by atoms with Crippen LogP contribution in [0.2, 0.25) is 0 Å². The van der Waals surface area contributed by atoms with E-state index >= 15 is 0 Å². The monoisotopic (exact) mass is 215 g/mol. The normalized spacial score (nSPS) is 10.3. The van der Waals surface area contributed by atoms with E-state index in [4.69, 9.17) is 11.1 Å². The lowest BCUT2D eigenvalue weighted by molar-refractivity contribution is 0.662. The highest BCUT2D eigenvalue weighted by Crippen LogP contribution is 2.20. The summed E-state index contributed by atoms with van der Waals surface area (Å²) < 4.78 is 1.77. The van der Waals surface area contributed by atoms with E-state index in [1.54, 1.807) is 23.3 Å². The molecule has 3 N–H and O–H groups in total. The summed E-state index contributed by atoms with van der Waals surface area (Å²) in [4.78, 5) is 3.95. The molecule has 0 atom stereocenters. The van der Waals surface area contributed by atoms with Crippen molar-refractivity contribution >= 4 is 5.84 Å². The summed E-state index contributed by atoms with van der Waals surface area (Å²) >= 11 is 0. The Hall–Kier alpha value is -2.17. The number of nitrogens with zero attached hydrogens (tertiary/aromatic N) is 3. The van der Waals surface area contributed by atoms with Crippen LogP contribution in [0.25, 0.3) is 11.3 Å². The number of aromatic nitrogens is 3. The third kappa shape index (κ3) is 1.79. The summed E-state index contributed by atoms with van der Waals surface area (Å²) in [6.07, 6.45) is 5.19. The van der Waals surface area contributed by atoms with E-state index in [0.717, 1.165) is 17.8 Å². The first-order chi connectivity index (χ1) is 7.72. The third-order valence-electron chi connectivity index (χ3n) is 2.33. The van der Waals surface area contributed by atoms with Gasteiger partial charge < -0.3 is 5.73 Å². The fourth-order valence-electron chi connectivity index (χ4n) is 1.50. The number of nitrogens with two attached hydrogens (primary N) is 1. The first-order valence-electron chi connectivity index (χ1n) is 5.04. The number of nitrogen functional groups attached to an aromatic ring is 1. The van der Waals surface area contributed by atoms with Crippen molar-refractivity contribution in [2.75, 3.05) is 0 Å². The van der Waals surface area contributed by atoms with Crippen LogP contribution in [0.15, 0.2) is 30.7 Å². The van der Waals surface area contributed by atoms with Crippen molar-refractivity contribution in [3.05, 3.63) is 36.3 Å². The number of hydrogen-bond donors (Lipinski definition) is 2. The van der Waals surface area contributed by atoms with E-state index in [-0.39, 0.29) is 5.84 Å². The third-order valence-corrected chi connectivity index (χ3v) is 2.33. The van der Waals surface area contributed by atoms with Crippen LogP contribution in [0.4, 0.5) is 0 Å². The topological polar surface area (TPSA) is 80.6 Å². The van der Waals surface area contributed by atoms with Crippen molar-refractivity contribution in [1.29, 1.82) is 5.41 Å². The minimum atomic E-state index is 0.0338. The van der Waals surface area contributed by atoms with Crippen molar-refractivity contribution in [2.45, 2.75) is 13.5 Å². The van der Waals surface area contributed by atoms with Gasteiger partial charge in [-0.25, -0.2) is 0 Å². The van der Waals surface area contributed by atoms with Gasteiger partial charge in [0.2, 0.25) is 0 Å². The highest BCUT2D eigenvalue weighted by molar-refractivity contribution is 6.00. The number of aryl methyl sites for hydroxylation is 1. The molecule has 2 aromatic heterocycles. The second-order valence-electron chi connectivity index (χ2n) is 3.40. The Labute approximate surface area is 93.4 Å². The zero-order valence-corrected chi connectivity index (χ0v) is 9.01. The maximum atomic E-state index is 7.52. The fourth-order valence-corrected chi connectivity index (χ4v) is 1.50. The summed E-state index contributed by atoms with van der Waals surface area (Å²) in [5, 5.41) is 11.9. The molecule has 0 radical (unpaired) electrons. The van der Waals surface area contributed by atoms with Crippen LogP contribution < -0.4 is 5.73 Å². The molecule has 0 aliphatic heterocycles. The van der Waals surface area contributed by atoms with E-state index in [1.165, 1.54) is 0 Å². The van der Waals surface area contributed by atoms with Crippen LogP contribution in [-0.4, -0.2) is 20.6 Å². The average molecular weight is 215 g/mol. The van der Waals surface area contributed by atoms with Gasteiger partial charge in [0.05, 0.1) is 5.56 Å². The smallest absolute Gasteiger partial charge is 0.126 e. The highest BCUT2D eigenvalue weighted by atomic mass is 15.3. The van der Waals surface area contributed by atoms with Gasteiger partial charge in [0, 0.05) is 30.7 Å². The highest BCUT2D eigenvalue weighted by Gasteiger charge is 2.12. The van der Waals surface area contributed by atoms with Crippen molar-refractivity contribution < 1.29 is 0 Å². The molecular weight excluding hydrogens is 202 g/mol. The minimum absolute atomic E-state index is 0.0338. The predicted molar refractivity (Wildman–Crippen MR) is 62.1 cm³/mol. The van der Waals surface area contributed by atoms with Crippen molar-refractivity contribution in [3.63, 3.8) is 0 Å². The maximum absolute atomic E-state index is 7.52. The van der Waals surface area contributed by atoms with Crippen LogP contribution in [0, 0.1) is 5.41 Å². The maximum Gasteiger partial charge on any atom is 0.126 e. The van der Waals surface area contributed by atoms with Gasteiger partial charge >= 0.3 is 0 Å². The molecule has 2 rings (SSSR count). The molecule has 0 amide bonds. The van der Waals surface area contributed by atoms with Crippen molar-refractivity contribution in [2.24, 2.45) is 5.73 Å². The van der Waals surface area contributed by atoms with E-state index in [0.29, 0.717) is 5.56 Å². The van der Waals surface area contributed by atoms with Crippen molar-refractivity contribution in [1.82, 2.24) is 14.8 Å². The molecule has 0 aromatic carbocycles. The Morgan fingerprint density at radius 3 is 2.69 bits per heavy atom. The summed E-state index contributed by atoms with van der Waals surface area (Å²) in [5.41, 5.74) is 7.85. The predicted octanol–water partition coefficient (Wildman–Crippen LogP) is 1.25. The SMILES string of the molecule is CCn1cc(C(=N)N)c(-c2ccncc2)n1. The molecule has 2 heterocycles. The Morgan fingerprint density at radius 2 is 2.12 bits per heavy atom. The molecule has 0 aliphatic rings. The molecule has 0 spiro atoms. The molecule has 16 heavy (non-hydrogen) atoms. The molecule has 2 aromatic rings. The van der Waals surface area contributed by atoms with E-state index in [9.17, 15) is 0 Å². The quantitative estimate of drug-likeness (QED) is 0.597. The van der Waals surface area contributed by atoms with E-state index in [1.807, 2.05) is 19.1 Å². The van der Waals surface area contributed by atoms with Gasteiger partial charge in [-0.3, -0.25) is 15.1 Å². The summed E-state index contributed by atoms with van der Waals surface area (Å²) in [6.45, 7) is 2.75. The average Bonchev–Trinajstić information content (AvgIpc) is 2.74. The lowest BCUT2D eigenvalue weighted by Gasteiger charge is -1.99. The van der Waals surface area contributed by atoms with Crippen LogP contribution in [0.1, 0.15) is 12.5 Å². The number of rotatable bonds is 3. The molecule has 0 fully saturated rings. The molecule has 0 bridgehead atoms. The van der Waals surface area contributed by atoms with Crippen LogP contribution in [-0.2, 0) is 6.54 Å². The van der Waals surface area contributed by atoms with Gasteiger partial charge in [-0.15, -0.1) is 0 Å². The number of nitrogens with one attached hydrogen (secondary N) is 1. The lowest BCUT2D eigenvalue weighted by Crippen LogP contribution is -2.11. The van der Waals surface area contributed by atoms with Gasteiger partial charge in [-0.1, -0.05) is 0 Å². The first-order valence-corrected chi connectivity index (χ1v) is 5.04. The summed E-state index contributed by atoms with van der Waals surface area (Å²) in [7, 11) is 0. The van der Waals surface area contributed by atoms with E-state index < -0.39 is 0 Å². The Morgan fingerprint density at radius 1 is 1.44 bits per heavy atom. The zero-order valence-electron chi connectivity index (χ0n) is 9.01. The second-order valence-corrected chi connectivity index (χ2v) is 3.40. The molecule has 5 nitrogen and oxygen atoms in total. The molecule has 5 heteroatoms. The molecule has 0 saturated heterocycles. The van der Waals surface area contributed by atoms with Gasteiger partial charge in [-0.2, -0.15) is 5.10 Å². The van der Waals surface area contributed by atoms with Gasteiger partial charge in [0.15, 0.2) is 0 Å². The standard InChI is InChI=1S/C11H13N5/c1-2-16-7-9(11(12)13)10(15-16)8-3-5-14-6-4-8/h3-7H,2H2,1H3,(H3,12,13). The molecular formula is C11H13N5. The van der Waals surface area contributed by atoms with Gasteiger partial charge in [-0.05, 0) is 19.1 Å². The number of amidine groups is 1.